The van der Waals surface area contributed by atoms with E-state index in [4.69, 9.17) is 5.73 Å². The van der Waals surface area contributed by atoms with Gasteiger partial charge in [0.1, 0.15) is 11.5 Å². The van der Waals surface area contributed by atoms with Crippen LogP contribution >= 0.6 is 0 Å². The number of nitrogens with zero attached hydrogens (tertiary/aromatic N) is 1. The number of halogens is 3. The summed E-state index contributed by atoms with van der Waals surface area (Å²) in [4.78, 5) is 17.2. The summed E-state index contributed by atoms with van der Waals surface area (Å²) in [5.74, 6) is 0.00496. The number of nitrogens with two attached hydrogens (primary N) is 1. The van der Waals surface area contributed by atoms with Crippen molar-refractivity contribution in [3.05, 3.63) is 48.3 Å². The minimum absolute atomic E-state index is 0.0428. The molecule has 4 atom stereocenters. The van der Waals surface area contributed by atoms with E-state index in [0.29, 0.717) is 5.56 Å². The minimum Gasteiger partial charge on any atom is -0.406 e. The van der Waals surface area contributed by atoms with E-state index in [1.807, 2.05) is 13.0 Å². The Hall–Kier alpha value is -2.41. The Labute approximate surface area is 167 Å². The molecule has 0 amide bonds. The first-order chi connectivity index (χ1) is 13.7. The van der Waals surface area contributed by atoms with Gasteiger partial charge < -0.3 is 10.5 Å². The lowest BCUT2D eigenvalue weighted by Gasteiger charge is -2.29. The number of alkyl halides is 3. The highest BCUT2D eigenvalue weighted by atomic mass is 19.4. The molecule has 29 heavy (non-hydrogen) atoms. The van der Waals surface area contributed by atoms with E-state index in [-0.39, 0.29) is 29.4 Å². The number of aromatic nitrogens is 1. The maximum absolute atomic E-state index is 12.8. The highest BCUT2D eigenvalue weighted by Crippen LogP contribution is 2.54. The van der Waals surface area contributed by atoms with Crippen LogP contribution in [0, 0.1) is 11.3 Å². The molecule has 1 unspecified atom stereocenters. The maximum Gasteiger partial charge on any atom is 0.573 e. The van der Waals surface area contributed by atoms with Gasteiger partial charge in [0.25, 0.3) is 0 Å². The third kappa shape index (κ3) is 3.64. The molecule has 1 heterocycles. The molecule has 2 fully saturated rings. The molecule has 0 bridgehead atoms. The molecule has 4 nitrogen and oxygen atoms in total. The zero-order valence-corrected chi connectivity index (χ0v) is 16.1. The van der Waals surface area contributed by atoms with Crippen LogP contribution in [-0.2, 0) is 4.79 Å². The molecule has 4 rings (SSSR count). The molecule has 154 valence electrons. The monoisotopic (exact) mass is 404 g/mol. The molecule has 2 aliphatic rings. The van der Waals surface area contributed by atoms with Crippen LogP contribution in [0.4, 0.5) is 13.2 Å². The topological polar surface area (TPSA) is 65.2 Å². The Bertz CT molecular complexity index is 930. The van der Waals surface area contributed by atoms with Crippen molar-refractivity contribution in [3.63, 3.8) is 0 Å². The van der Waals surface area contributed by atoms with E-state index in [2.05, 4.69) is 9.72 Å². The predicted molar refractivity (Wildman–Crippen MR) is 102 cm³/mol. The smallest absolute Gasteiger partial charge is 0.406 e. The zero-order chi connectivity index (χ0) is 20.8. The van der Waals surface area contributed by atoms with Crippen LogP contribution in [0.15, 0.2) is 42.6 Å². The third-order valence-electron chi connectivity index (χ3n) is 6.50. The number of carbonyl (C=O) groups excluding carboxylic acids is 1. The molecule has 1 aromatic carbocycles. The summed E-state index contributed by atoms with van der Waals surface area (Å²) in [5.41, 5.74) is 8.24. The zero-order valence-electron chi connectivity index (χ0n) is 16.1. The van der Waals surface area contributed by atoms with E-state index in [1.54, 1.807) is 18.3 Å². The van der Waals surface area contributed by atoms with Crippen LogP contribution in [0.3, 0.4) is 0 Å². The lowest BCUT2D eigenvalue weighted by Crippen LogP contribution is -2.44. The van der Waals surface area contributed by atoms with Crippen molar-refractivity contribution < 1.29 is 22.7 Å². The molecule has 2 aromatic rings. The summed E-state index contributed by atoms with van der Waals surface area (Å²) in [6.45, 7) is 1.96. The molecule has 2 saturated carbocycles. The van der Waals surface area contributed by atoms with Crippen LogP contribution in [-0.4, -0.2) is 23.2 Å². The van der Waals surface area contributed by atoms with Crippen LogP contribution in [0.1, 0.15) is 44.2 Å². The Balaban J connectivity index is 1.61. The molecule has 2 aliphatic carbocycles. The van der Waals surface area contributed by atoms with Gasteiger partial charge in [0.05, 0.1) is 0 Å². The third-order valence-corrected chi connectivity index (χ3v) is 6.50. The van der Waals surface area contributed by atoms with Gasteiger partial charge in [-0.05, 0) is 61.1 Å². The fourth-order valence-electron chi connectivity index (χ4n) is 4.98. The largest absolute Gasteiger partial charge is 0.573 e. The summed E-state index contributed by atoms with van der Waals surface area (Å²) < 4.78 is 41.6. The average Bonchev–Trinajstić information content (AvgIpc) is 3.16. The van der Waals surface area contributed by atoms with Crippen molar-refractivity contribution >= 4 is 5.78 Å². The summed E-state index contributed by atoms with van der Waals surface area (Å²) >= 11 is 0. The first-order valence-electron chi connectivity index (χ1n) is 9.82. The maximum atomic E-state index is 12.8. The van der Waals surface area contributed by atoms with Crippen molar-refractivity contribution in [2.45, 2.75) is 50.9 Å². The van der Waals surface area contributed by atoms with Gasteiger partial charge in [0.15, 0.2) is 0 Å². The Morgan fingerprint density at radius 2 is 1.86 bits per heavy atom. The summed E-state index contributed by atoms with van der Waals surface area (Å²) in [7, 11) is 0. The molecular formula is C22H23F3N2O2. The second-order valence-corrected chi connectivity index (χ2v) is 8.18. The van der Waals surface area contributed by atoms with E-state index >= 15 is 0 Å². The minimum atomic E-state index is -4.74. The van der Waals surface area contributed by atoms with Gasteiger partial charge in [-0.25, -0.2) is 0 Å². The van der Waals surface area contributed by atoms with Crippen LogP contribution in [0.2, 0.25) is 0 Å². The second kappa shape index (κ2) is 7.13. The number of hydrogen-bond acceptors (Lipinski definition) is 4. The molecule has 1 aromatic heterocycles. The highest BCUT2D eigenvalue weighted by Gasteiger charge is 2.56. The highest BCUT2D eigenvalue weighted by molar-refractivity contribution is 5.90. The van der Waals surface area contributed by atoms with E-state index in [0.717, 1.165) is 36.9 Å². The standard InChI is InChI=1S/C22H23F3N2O2/c1-13-5-8-21(20(13)28)9-6-17(19(21)26)18-12-15(7-10-27-18)14-3-2-4-16(11-14)29-22(23,24)25/h2-4,7,10-13,17,19H,5-6,8-9,26H2,1H3/t13?,17-,19-,21-/m0/s1. The van der Waals surface area contributed by atoms with Crippen LogP contribution in [0.5, 0.6) is 5.75 Å². The SMILES string of the molecule is CC1CC[C@@]2(CC[C@@H](c3cc(-c4cccc(OC(F)(F)F)c4)ccn3)[C@@H]2N)C1=O. The Morgan fingerprint density at radius 1 is 1.14 bits per heavy atom. The molecule has 0 aliphatic heterocycles. The molecule has 0 radical (unpaired) electrons. The Morgan fingerprint density at radius 3 is 2.55 bits per heavy atom. The van der Waals surface area contributed by atoms with Gasteiger partial charge in [0, 0.05) is 35.2 Å². The van der Waals surface area contributed by atoms with Gasteiger partial charge in [0.2, 0.25) is 0 Å². The van der Waals surface area contributed by atoms with Gasteiger partial charge in [-0.15, -0.1) is 13.2 Å². The van der Waals surface area contributed by atoms with E-state index < -0.39 is 11.8 Å². The Kier molecular flexibility index (Phi) is 4.89. The molecular weight excluding hydrogens is 381 g/mol. The summed E-state index contributed by atoms with van der Waals surface area (Å²) in [6.07, 6.45) is 0.146. The van der Waals surface area contributed by atoms with Crippen LogP contribution in [0.25, 0.3) is 11.1 Å². The first-order valence-corrected chi connectivity index (χ1v) is 9.82. The normalized spacial score (nSPS) is 29.6. The van der Waals surface area contributed by atoms with Gasteiger partial charge in [-0.1, -0.05) is 19.1 Å². The lowest BCUT2D eigenvalue weighted by atomic mass is 9.77. The number of hydrogen-bond donors (Lipinski definition) is 1. The first kappa shape index (κ1) is 19.9. The van der Waals surface area contributed by atoms with E-state index in [1.165, 1.54) is 18.2 Å². The number of carbonyl (C=O) groups is 1. The van der Waals surface area contributed by atoms with Crippen molar-refractivity contribution in [1.29, 1.82) is 0 Å². The number of benzene rings is 1. The molecule has 0 saturated heterocycles. The van der Waals surface area contributed by atoms with Gasteiger partial charge >= 0.3 is 6.36 Å². The van der Waals surface area contributed by atoms with Crippen LogP contribution < -0.4 is 10.5 Å². The average molecular weight is 404 g/mol. The van der Waals surface area contributed by atoms with Gasteiger partial charge in [-0.2, -0.15) is 0 Å². The quantitative estimate of drug-likeness (QED) is 0.795. The number of ether oxygens (including phenoxy) is 1. The molecule has 2 N–H and O–H groups in total. The number of ketones is 1. The summed E-state index contributed by atoms with van der Waals surface area (Å²) in [5, 5.41) is 0. The number of Topliss-reactive ketones (excluding diaryl/α,β-unsaturated/α-hetero) is 1. The second-order valence-electron chi connectivity index (χ2n) is 8.18. The summed E-state index contributed by atoms with van der Waals surface area (Å²) in [6, 6.07) is 9.18. The number of rotatable bonds is 3. The fraction of sp³-hybridized carbons (Fsp3) is 0.455. The molecule has 7 heteroatoms. The lowest BCUT2D eigenvalue weighted by molar-refractivity contribution is -0.274. The van der Waals surface area contributed by atoms with Crippen molar-refractivity contribution in [2.24, 2.45) is 17.1 Å². The van der Waals surface area contributed by atoms with Crippen molar-refractivity contribution in [3.8, 4) is 16.9 Å². The number of pyridine rings is 1. The predicted octanol–water partition coefficient (Wildman–Crippen LogP) is 4.84. The van der Waals surface area contributed by atoms with Crippen molar-refractivity contribution in [2.75, 3.05) is 0 Å². The van der Waals surface area contributed by atoms with Gasteiger partial charge in [-0.3, -0.25) is 9.78 Å². The fourth-order valence-corrected chi connectivity index (χ4v) is 4.98. The van der Waals surface area contributed by atoms with Crippen molar-refractivity contribution in [1.82, 2.24) is 4.98 Å². The van der Waals surface area contributed by atoms with E-state index in [9.17, 15) is 18.0 Å². The molecule has 1 spiro atoms.